The van der Waals surface area contributed by atoms with E-state index >= 15 is 0 Å². The molecule has 1 heterocycles. The van der Waals surface area contributed by atoms with Crippen molar-refractivity contribution in [2.75, 3.05) is 6.54 Å². The van der Waals surface area contributed by atoms with E-state index in [2.05, 4.69) is 0 Å². The van der Waals surface area contributed by atoms with E-state index in [-0.39, 0.29) is 18.1 Å². The third-order valence-corrected chi connectivity index (χ3v) is 5.92. The summed E-state index contributed by atoms with van der Waals surface area (Å²) in [4.78, 5) is 25.1. The van der Waals surface area contributed by atoms with Gasteiger partial charge in [0.25, 0.3) is 5.91 Å². The Labute approximate surface area is 175 Å². The summed E-state index contributed by atoms with van der Waals surface area (Å²) in [7, 11) is 0. The second-order valence-electron chi connectivity index (χ2n) is 6.86. The number of hydrogen-bond acceptors (Lipinski definition) is 4. The minimum absolute atomic E-state index is 0.0994. The maximum Gasteiger partial charge on any atom is 0.303 e. The molecule has 0 atom stereocenters. The number of rotatable bonds is 12. The lowest BCUT2D eigenvalue weighted by Crippen LogP contribution is -2.29. The number of thioether (sulfide) groups is 1. The highest BCUT2D eigenvalue weighted by Gasteiger charge is 2.31. The predicted octanol–water partition coefficient (Wildman–Crippen LogP) is 5.62. The molecule has 1 saturated heterocycles. The largest absolute Gasteiger partial charge is 0.481 e. The number of carboxylic acids is 1. The molecule has 1 aliphatic heterocycles. The Kier molecular flexibility index (Phi) is 9.64. The highest BCUT2D eigenvalue weighted by molar-refractivity contribution is 8.26. The number of carbonyl (C=O) groups excluding carboxylic acids is 1. The third kappa shape index (κ3) is 7.72. The van der Waals surface area contributed by atoms with Crippen LogP contribution in [0, 0.1) is 5.82 Å². The first-order valence-corrected chi connectivity index (χ1v) is 10.9. The SMILES string of the molecule is O=C(O)CCCCCCCCCCN1C(=O)/C(=C/c2cccc(F)c2)SC1=S. The van der Waals surface area contributed by atoms with Gasteiger partial charge in [0.05, 0.1) is 4.91 Å². The first-order valence-electron chi connectivity index (χ1n) is 9.70. The summed E-state index contributed by atoms with van der Waals surface area (Å²) in [5.74, 6) is -1.15. The average Bonchev–Trinajstić information content (AvgIpc) is 2.90. The number of nitrogens with zero attached hydrogens (tertiary/aromatic N) is 1. The van der Waals surface area contributed by atoms with Gasteiger partial charge in [0.15, 0.2) is 0 Å². The van der Waals surface area contributed by atoms with E-state index in [4.69, 9.17) is 17.3 Å². The zero-order chi connectivity index (χ0) is 20.4. The molecule has 0 bridgehead atoms. The van der Waals surface area contributed by atoms with E-state index in [9.17, 15) is 14.0 Å². The molecule has 2 rings (SSSR count). The molecule has 0 radical (unpaired) electrons. The van der Waals surface area contributed by atoms with Crippen LogP contribution in [0.2, 0.25) is 0 Å². The van der Waals surface area contributed by atoms with Crippen LogP contribution in [-0.2, 0) is 9.59 Å². The molecule has 1 aliphatic rings. The first kappa shape index (κ1) is 22.6. The van der Waals surface area contributed by atoms with E-state index in [1.165, 1.54) is 23.9 Å². The highest BCUT2D eigenvalue weighted by Crippen LogP contribution is 2.32. The number of unbranched alkanes of at least 4 members (excludes halogenated alkanes) is 7. The van der Waals surface area contributed by atoms with Crippen molar-refractivity contribution < 1.29 is 19.1 Å². The van der Waals surface area contributed by atoms with Crippen LogP contribution in [0.25, 0.3) is 6.08 Å². The van der Waals surface area contributed by atoms with Gasteiger partial charge in [-0.3, -0.25) is 14.5 Å². The van der Waals surface area contributed by atoms with E-state index in [1.54, 1.807) is 23.1 Å². The molecular weight excluding hydrogens is 397 g/mol. The van der Waals surface area contributed by atoms with Gasteiger partial charge < -0.3 is 5.11 Å². The van der Waals surface area contributed by atoms with Gasteiger partial charge in [-0.15, -0.1) is 0 Å². The van der Waals surface area contributed by atoms with Crippen molar-refractivity contribution in [3.63, 3.8) is 0 Å². The Bertz CT molecular complexity index is 736. The summed E-state index contributed by atoms with van der Waals surface area (Å²) in [6.07, 6.45) is 10.0. The molecule has 0 saturated carbocycles. The Morgan fingerprint density at radius 1 is 1.11 bits per heavy atom. The molecule has 1 N–H and O–H groups in total. The Morgan fingerprint density at radius 2 is 1.75 bits per heavy atom. The van der Waals surface area contributed by atoms with E-state index in [0.717, 1.165) is 51.4 Å². The summed E-state index contributed by atoms with van der Waals surface area (Å²) in [6.45, 7) is 0.615. The zero-order valence-electron chi connectivity index (χ0n) is 15.9. The van der Waals surface area contributed by atoms with Crippen LogP contribution in [0.3, 0.4) is 0 Å². The second-order valence-corrected chi connectivity index (χ2v) is 8.54. The summed E-state index contributed by atoms with van der Waals surface area (Å²) in [5, 5.41) is 8.58. The van der Waals surface area contributed by atoms with Crippen molar-refractivity contribution >= 4 is 46.3 Å². The molecule has 1 aromatic rings. The number of hydrogen-bond donors (Lipinski definition) is 1. The number of amides is 1. The van der Waals surface area contributed by atoms with Crippen molar-refractivity contribution in [1.29, 1.82) is 0 Å². The number of carbonyl (C=O) groups is 2. The maximum absolute atomic E-state index is 13.3. The lowest BCUT2D eigenvalue weighted by molar-refractivity contribution is -0.137. The van der Waals surface area contributed by atoms with E-state index in [0.29, 0.717) is 21.3 Å². The molecule has 28 heavy (non-hydrogen) atoms. The van der Waals surface area contributed by atoms with Crippen LogP contribution in [0.5, 0.6) is 0 Å². The van der Waals surface area contributed by atoms with E-state index < -0.39 is 5.97 Å². The van der Waals surface area contributed by atoms with Gasteiger partial charge in [-0.05, 0) is 36.6 Å². The average molecular weight is 424 g/mol. The Morgan fingerprint density at radius 3 is 2.39 bits per heavy atom. The molecule has 0 aromatic heterocycles. The van der Waals surface area contributed by atoms with Gasteiger partial charge in [-0.25, -0.2) is 4.39 Å². The Balaban J connectivity index is 1.64. The molecule has 1 amide bonds. The molecule has 4 nitrogen and oxygen atoms in total. The summed E-state index contributed by atoms with van der Waals surface area (Å²) >= 11 is 6.60. The quantitative estimate of drug-likeness (QED) is 0.268. The van der Waals surface area contributed by atoms with Gasteiger partial charge in [0.1, 0.15) is 10.1 Å². The van der Waals surface area contributed by atoms with Gasteiger partial charge >= 0.3 is 5.97 Å². The van der Waals surface area contributed by atoms with Crippen molar-refractivity contribution in [2.24, 2.45) is 0 Å². The van der Waals surface area contributed by atoms with Crippen LogP contribution >= 0.6 is 24.0 Å². The van der Waals surface area contributed by atoms with Crippen LogP contribution < -0.4 is 0 Å². The standard InChI is InChI=1S/C21H26FNO3S2/c22-17-11-9-10-16(14-17)15-18-20(26)23(21(27)28-18)13-8-6-4-2-1-3-5-7-12-19(24)25/h9-11,14-15H,1-8,12-13H2,(H,24,25)/b18-15-. The third-order valence-electron chi connectivity index (χ3n) is 4.54. The molecule has 0 unspecified atom stereocenters. The molecule has 0 spiro atoms. The van der Waals surface area contributed by atoms with Gasteiger partial charge in [-0.2, -0.15) is 0 Å². The molecule has 0 aliphatic carbocycles. The molecule has 1 fully saturated rings. The van der Waals surface area contributed by atoms with Crippen molar-refractivity contribution in [1.82, 2.24) is 4.90 Å². The molecule has 7 heteroatoms. The predicted molar refractivity (Wildman–Crippen MR) is 115 cm³/mol. The van der Waals surface area contributed by atoms with Crippen LogP contribution in [0.4, 0.5) is 4.39 Å². The fourth-order valence-electron chi connectivity index (χ4n) is 3.05. The minimum Gasteiger partial charge on any atom is -0.481 e. The first-order chi connectivity index (χ1) is 13.5. The normalized spacial score (nSPS) is 15.6. The van der Waals surface area contributed by atoms with E-state index in [1.807, 2.05) is 0 Å². The summed E-state index contributed by atoms with van der Waals surface area (Å²) < 4.78 is 13.9. The van der Waals surface area contributed by atoms with Crippen LogP contribution in [0.15, 0.2) is 29.2 Å². The summed E-state index contributed by atoms with van der Waals surface area (Å²) in [6, 6.07) is 6.15. The number of halogens is 1. The van der Waals surface area contributed by atoms with Gasteiger partial charge in [0, 0.05) is 13.0 Å². The molecular formula is C21H26FNO3S2. The molecule has 1 aromatic carbocycles. The van der Waals surface area contributed by atoms with Crippen molar-refractivity contribution in [2.45, 2.75) is 57.8 Å². The highest BCUT2D eigenvalue weighted by atomic mass is 32.2. The number of benzene rings is 1. The second kappa shape index (κ2) is 12.0. The molecule has 152 valence electrons. The number of thiocarbonyl (C=S) groups is 1. The van der Waals surface area contributed by atoms with Crippen molar-refractivity contribution in [3.8, 4) is 0 Å². The van der Waals surface area contributed by atoms with Crippen LogP contribution in [0.1, 0.15) is 63.4 Å². The maximum atomic E-state index is 13.3. The zero-order valence-corrected chi connectivity index (χ0v) is 17.5. The van der Waals surface area contributed by atoms with Gasteiger partial charge in [-0.1, -0.05) is 74.6 Å². The van der Waals surface area contributed by atoms with Crippen molar-refractivity contribution in [3.05, 3.63) is 40.6 Å². The smallest absolute Gasteiger partial charge is 0.303 e. The lowest BCUT2D eigenvalue weighted by atomic mass is 10.1. The van der Waals surface area contributed by atoms with Gasteiger partial charge in [0.2, 0.25) is 0 Å². The fourth-order valence-corrected chi connectivity index (χ4v) is 4.36. The lowest BCUT2D eigenvalue weighted by Gasteiger charge is -2.14. The monoisotopic (exact) mass is 423 g/mol. The fraction of sp³-hybridized carbons (Fsp3) is 0.476. The minimum atomic E-state index is -0.721. The number of carboxylic acid groups (broad SMARTS) is 1. The topological polar surface area (TPSA) is 57.6 Å². The van der Waals surface area contributed by atoms with Crippen LogP contribution in [-0.4, -0.2) is 32.7 Å². The summed E-state index contributed by atoms with van der Waals surface area (Å²) in [5.41, 5.74) is 0.656. The Hall–Kier alpha value is -1.73. The number of aliphatic carboxylic acids is 1.